The molecule has 1 aliphatic heterocycles. The number of anilines is 1. The van der Waals surface area contributed by atoms with E-state index in [1.165, 1.54) is 19.2 Å². The predicted molar refractivity (Wildman–Crippen MR) is 65.7 cm³/mol. The maximum absolute atomic E-state index is 11.7. The minimum Gasteiger partial charge on any atom is -0.478 e. The van der Waals surface area contributed by atoms with E-state index in [-0.39, 0.29) is 23.8 Å². The Morgan fingerprint density at radius 3 is 2.63 bits per heavy atom. The molecule has 2 heterocycles. The van der Waals surface area contributed by atoms with Crippen molar-refractivity contribution in [2.24, 2.45) is 0 Å². The molecule has 0 bridgehead atoms. The lowest BCUT2D eigenvalue weighted by Crippen LogP contribution is -2.32. The number of carbonyl (C=O) groups excluding carboxylic acids is 2. The van der Waals surface area contributed by atoms with Crippen LogP contribution in [0.5, 0.6) is 0 Å². The zero-order valence-corrected chi connectivity index (χ0v) is 10.5. The number of amides is 2. The number of nitrogens with zero attached hydrogens (tertiary/aromatic N) is 2. The number of carbonyl (C=O) groups is 3. The van der Waals surface area contributed by atoms with Crippen LogP contribution in [-0.2, 0) is 9.59 Å². The summed E-state index contributed by atoms with van der Waals surface area (Å²) in [6.07, 6.45) is 0.0801. The van der Waals surface area contributed by atoms with Crippen LogP contribution in [0.1, 0.15) is 22.5 Å². The minimum atomic E-state index is -1.05. The number of pyridine rings is 1. The Morgan fingerprint density at radius 2 is 2.16 bits per heavy atom. The topological polar surface area (TPSA) is 99.6 Å². The average Bonchev–Trinajstić information content (AvgIpc) is 2.57. The number of carboxylic acid groups (broad SMARTS) is 1. The number of likely N-dealkylation sites (N-methyl/N-ethyl adjacent to an activating group) is 1. The first-order chi connectivity index (χ1) is 8.90. The molecule has 2 N–H and O–H groups in total. The molecule has 0 spiro atoms. The number of nitrogens with one attached hydrogen (secondary N) is 1. The Labute approximate surface area is 109 Å². The Bertz CT molecular complexity index is 570. The highest BCUT2D eigenvalue weighted by molar-refractivity contribution is 6.06. The van der Waals surface area contributed by atoms with Gasteiger partial charge < -0.3 is 10.4 Å². The van der Waals surface area contributed by atoms with Crippen molar-refractivity contribution in [1.82, 2.24) is 9.88 Å². The number of aryl methyl sites for hydroxylation is 1. The minimum absolute atomic E-state index is 0.0801. The molecule has 0 radical (unpaired) electrons. The van der Waals surface area contributed by atoms with Crippen LogP contribution in [0.2, 0.25) is 0 Å². The molecular weight excluding hydrogens is 250 g/mol. The lowest BCUT2D eigenvalue weighted by Gasteiger charge is -2.12. The average molecular weight is 263 g/mol. The van der Waals surface area contributed by atoms with Gasteiger partial charge in [0.2, 0.25) is 5.91 Å². The molecular formula is C12H13N3O4. The van der Waals surface area contributed by atoms with Crippen molar-refractivity contribution < 1.29 is 19.5 Å². The molecule has 7 heteroatoms. The number of hydrogen-bond acceptors (Lipinski definition) is 5. The van der Waals surface area contributed by atoms with Crippen LogP contribution in [0, 0.1) is 6.92 Å². The van der Waals surface area contributed by atoms with Gasteiger partial charge in [0.05, 0.1) is 17.7 Å². The molecule has 1 aromatic heterocycles. The molecule has 0 aliphatic carbocycles. The highest BCUT2D eigenvalue weighted by atomic mass is 16.4. The van der Waals surface area contributed by atoms with Crippen LogP contribution < -0.4 is 5.32 Å². The van der Waals surface area contributed by atoms with Crippen LogP contribution >= 0.6 is 0 Å². The normalized spacial score (nSPS) is 18.8. The third-order valence-electron chi connectivity index (χ3n) is 3.02. The number of likely N-dealkylation sites (tertiary alicyclic amines) is 1. The summed E-state index contributed by atoms with van der Waals surface area (Å²) in [6, 6.07) is 2.25. The highest BCUT2D eigenvalue weighted by Gasteiger charge is 2.36. The quantitative estimate of drug-likeness (QED) is 0.759. The molecule has 0 saturated carbocycles. The maximum Gasteiger partial charge on any atom is 0.337 e. The molecule has 1 saturated heterocycles. The number of imide groups is 1. The smallest absolute Gasteiger partial charge is 0.337 e. The van der Waals surface area contributed by atoms with E-state index in [2.05, 4.69) is 10.3 Å². The number of carboxylic acids is 1. The summed E-state index contributed by atoms with van der Waals surface area (Å²) in [5, 5.41) is 11.7. The van der Waals surface area contributed by atoms with Crippen molar-refractivity contribution in [1.29, 1.82) is 0 Å². The second-order valence-electron chi connectivity index (χ2n) is 4.33. The lowest BCUT2D eigenvalue weighted by atomic mass is 10.2. The van der Waals surface area contributed by atoms with Crippen molar-refractivity contribution in [2.45, 2.75) is 19.4 Å². The first kappa shape index (κ1) is 13.0. The Hall–Kier alpha value is -2.44. The van der Waals surface area contributed by atoms with E-state index in [1.807, 2.05) is 0 Å². The first-order valence-electron chi connectivity index (χ1n) is 5.68. The van der Waals surface area contributed by atoms with Crippen LogP contribution in [0.15, 0.2) is 12.1 Å². The van der Waals surface area contributed by atoms with Gasteiger partial charge in [-0.25, -0.2) is 9.78 Å². The van der Waals surface area contributed by atoms with E-state index in [0.29, 0.717) is 11.5 Å². The third-order valence-corrected chi connectivity index (χ3v) is 3.02. The summed E-state index contributed by atoms with van der Waals surface area (Å²) in [5.74, 6) is -1.24. The van der Waals surface area contributed by atoms with Gasteiger partial charge in [0.15, 0.2) is 0 Å². The van der Waals surface area contributed by atoms with Crippen molar-refractivity contribution >= 4 is 23.6 Å². The van der Waals surface area contributed by atoms with Crippen LogP contribution in [0.4, 0.5) is 5.82 Å². The Balaban J connectivity index is 2.17. The largest absolute Gasteiger partial charge is 0.478 e. The van der Waals surface area contributed by atoms with E-state index < -0.39 is 12.0 Å². The standard InChI is InChI=1S/C12H13N3O4/c1-6-7(12(18)19)3-4-9(13-6)14-8-5-10(16)15(2)11(8)17/h3-4,8H,5H2,1-2H3,(H,13,14)(H,18,19). The number of rotatable bonds is 3. The van der Waals surface area contributed by atoms with Crippen molar-refractivity contribution in [3.8, 4) is 0 Å². The molecule has 100 valence electrons. The van der Waals surface area contributed by atoms with E-state index >= 15 is 0 Å². The predicted octanol–water partition coefficient (Wildman–Crippen LogP) is 0.257. The van der Waals surface area contributed by atoms with Crippen LogP contribution in [-0.4, -0.2) is 45.9 Å². The van der Waals surface area contributed by atoms with E-state index in [4.69, 9.17) is 5.11 Å². The lowest BCUT2D eigenvalue weighted by molar-refractivity contribution is -0.136. The third kappa shape index (κ3) is 2.40. The molecule has 1 aromatic rings. The van der Waals surface area contributed by atoms with Gasteiger partial charge in [0.1, 0.15) is 11.9 Å². The summed E-state index contributed by atoms with van der Waals surface area (Å²) in [6.45, 7) is 1.57. The number of aromatic carboxylic acids is 1. The molecule has 7 nitrogen and oxygen atoms in total. The fraction of sp³-hybridized carbons (Fsp3) is 0.333. The molecule has 1 fully saturated rings. The first-order valence-corrected chi connectivity index (χ1v) is 5.68. The second-order valence-corrected chi connectivity index (χ2v) is 4.33. The summed E-state index contributed by atoms with van der Waals surface area (Å²) in [5.41, 5.74) is 0.458. The fourth-order valence-corrected chi connectivity index (χ4v) is 1.91. The van der Waals surface area contributed by atoms with Crippen LogP contribution in [0.25, 0.3) is 0 Å². The molecule has 1 unspecified atom stereocenters. The van der Waals surface area contributed by atoms with Gasteiger partial charge >= 0.3 is 5.97 Å². The molecule has 0 aromatic carbocycles. The fourth-order valence-electron chi connectivity index (χ4n) is 1.91. The molecule has 1 aliphatic rings. The summed E-state index contributed by atoms with van der Waals surface area (Å²) >= 11 is 0. The van der Waals surface area contributed by atoms with Gasteiger partial charge in [-0.05, 0) is 19.1 Å². The molecule has 1 atom stereocenters. The molecule has 2 amide bonds. The zero-order chi connectivity index (χ0) is 14.2. The van der Waals surface area contributed by atoms with Crippen molar-refractivity contribution in [3.05, 3.63) is 23.4 Å². The van der Waals surface area contributed by atoms with E-state index in [0.717, 1.165) is 4.90 Å². The SMILES string of the molecule is Cc1nc(NC2CC(=O)N(C)C2=O)ccc1C(=O)O. The van der Waals surface area contributed by atoms with E-state index in [9.17, 15) is 14.4 Å². The highest BCUT2D eigenvalue weighted by Crippen LogP contribution is 2.17. The molecule has 2 rings (SSSR count). The Kier molecular flexibility index (Phi) is 3.20. The summed E-state index contributed by atoms with van der Waals surface area (Å²) in [7, 11) is 1.43. The number of hydrogen-bond donors (Lipinski definition) is 2. The van der Waals surface area contributed by atoms with Gasteiger partial charge in [0.25, 0.3) is 5.91 Å². The Morgan fingerprint density at radius 1 is 1.47 bits per heavy atom. The monoisotopic (exact) mass is 263 g/mol. The van der Waals surface area contributed by atoms with Crippen molar-refractivity contribution in [2.75, 3.05) is 12.4 Å². The van der Waals surface area contributed by atoms with Crippen LogP contribution in [0.3, 0.4) is 0 Å². The summed E-state index contributed by atoms with van der Waals surface area (Å²) in [4.78, 5) is 39.0. The van der Waals surface area contributed by atoms with Gasteiger partial charge in [-0.1, -0.05) is 0 Å². The second kappa shape index (κ2) is 4.68. The molecule has 19 heavy (non-hydrogen) atoms. The van der Waals surface area contributed by atoms with Gasteiger partial charge in [0, 0.05) is 7.05 Å². The van der Waals surface area contributed by atoms with Gasteiger partial charge in [-0.2, -0.15) is 0 Å². The zero-order valence-electron chi connectivity index (χ0n) is 10.5. The van der Waals surface area contributed by atoms with Crippen molar-refractivity contribution in [3.63, 3.8) is 0 Å². The van der Waals surface area contributed by atoms with E-state index in [1.54, 1.807) is 6.92 Å². The maximum atomic E-state index is 11.7. The summed E-state index contributed by atoms with van der Waals surface area (Å²) < 4.78 is 0. The number of aromatic nitrogens is 1. The van der Waals surface area contributed by atoms with Gasteiger partial charge in [-0.3, -0.25) is 14.5 Å². The van der Waals surface area contributed by atoms with Gasteiger partial charge in [-0.15, -0.1) is 0 Å².